The number of benzene rings is 2. The number of nitrogens with one attached hydrogen (secondary N) is 2. The quantitative estimate of drug-likeness (QED) is 0.465. The molecule has 38 heavy (non-hydrogen) atoms. The molecule has 4 rings (SSSR count). The van der Waals surface area contributed by atoms with E-state index in [1.165, 1.54) is 6.92 Å². The molecule has 0 unspecified atom stereocenters. The van der Waals surface area contributed by atoms with Gasteiger partial charge in [0.15, 0.2) is 0 Å². The molecule has 0 aliphatic carbocycles. The standard InChI is InChI=1S/C29H35N5O4/c1-19-7-6-8-24(17-19)34-26(21-13-15-33(16-14-21)28(37)38-29(3,4)5)25(18-30-34)27(36)32-23-11-9-22(10-12-23)31-20(2)35/h6-12,17-18,21H,13-16H2,1-5H3,(H,31,35)(H,32,36). The van der Waals surface area contributed by atoms with E-state index in [9.17, 15) is 14.4 Å². The van der Waals surface area contributed by atoms with E-state index in [2.05, 4.69) is 15.7 Å². The van der Waals surface area contributed by atoms with E-state index < -0.39 is 5.60 Å². The van der Waals surface area contributed by atoms with Gasteiger partial charge in [-0.25, -0.2) is 9.48 Å². The molecule has 1 aromatic heterocycles. The third-order valence-corrected chi connectivity index (χ3v) is 6.29. The summed E-state index contributed by atoms with van der Waals surface area (Å²) in [5, 5.41) is 10.3. The number of piperidine rings is 1. The zero-order valence-corrected chi connectivity index (χ0v) is 22.6. The van der Waals surface area contributed by atoms with Crippen molar-refractivity contribution in [2.45, 2.75) is 59.0 Å². The molecule has 0 spiro atoms. The highest BCUT2D eigenvalue weighted by atomic mass is 16.6. The second kappa shape index (κ2) is 11.1. The summed E-state index contributed by atoms with van der Waals surface area (Å²) in [5.41, 5.74) is 4.00. The molecule has 3 amide bonds. The van der Waals surface area contributed by atoms with Crippen molar-refractivity contribution in [1.82, 2.24) is 14.7 Å². The zero-order valence-electron chi connectivity index (χ0n) is 22.6. The van der Waals surface area contributed by atoms with Gasteiger partial charge in [0.25, 0.3) is 5.91 Å². The Balaban J connectivity index is 1.58. The van der Waals surface area contributed by atoms with Gasteiger partial charge in [-0.3, -0.25) is 9.59 Å². The lowest BCUT2D eigenvalue weighted by atomic mass is 9.90. The molecule has 3 aromatic rings. The van der Waals surface area contributed by atoms with Gasteiger partial charge in [-0.2, -0.15) is 5.10 Å². The lowest BCUT2D eigenvalue weighted by Crippen LogP contribution is -2.41. The molecule has 1 aliphatic heterocycles. The third kappa shape index (κ3) is 6.59. The van der Waals surface area contributed by atoms with Crippen molar-refractivity contribution in [3.63, 3.8) is 0 Å². The molecular formula is C29H35N5O4. The van der Waals surface area contributed by atoms with Gasteiger partial charge in [0.2, 0.25) is 5.91 Å². The van der Waals surface area contributed by atoms with Gasteiger partial charge in [-0.15, -0.1) is 0 Å². The van der Waals surface area contributed by atoms with Gasteiger partial charge in [-0.1, -0.05) is 12.1 Å². The van der Waals surface area contributed by atoms with Crippen LogP contribution in [0.5, 0.6) is 0 Å². The maximum atomic E-state index is 13.5. The third-order valence-electron chi connectivity index (χ3n) is 6.29. The largest absolute Gasteiger partial charge is 0.444 e. The highest BCUT2D eigenvalue weighted by Gasteiger charge is 2.32. The van der Waals surface area contributed by atoms with Gasteiger partial charge >= 0.3 is 6.09 Å². The molecule has 0 bridgehead atoms. The van der Waals surface area contributed by atoms with Crippen LogP contribution >= 0.6 is 0 Å². The fraction of sp³-hybridized carbons (Fsp3) is 0.379. The summed E-state index contributed by atoms with van der Waals surface area (Å²) in [6.45, 7) is 10.1. The number of carbonyl (C=O) groups is 3. The van der Waals surface area contributed by atoms with Crippen molar-refractivity contribution in [3.8, 4) is 5.69 Å². The van der Waals surface area contributed by atoms with E-state index in [0.717, 1.165) is 16.9 Å². The topological polar surface area (TPSA) is 106 Å². The second-order valence-corrected chi connectivity index (χ2v) is 10.6. The summed E-state index contributed by atoms with van der Waals surface area (Å²) in [5.74, 6) is -0.395. The van der Waals surface area contributed by atoms with Gasteiger partial charge < -0.3 is 20.3 Å². The van der Waals surface area contributed by atoms with Crippen molar-refractivity contribution in [3.05, 3.63) is 71.5 Å². The Morgan fingerprint density at radius 2 is 1.61 bits per heavy atom. The van der Waals surface area contributed by atoms with Crippen LogP contribution in [0.25, 0.3) is 5.69 Å². The molecule has 0 atom stereocenters. The van der Waals surface area contributed by atoms with E-state index >= 15 is 0 Å². The van der Waals surface area contributed by atoms with Crippen LogP contribution in [0.1, 0.15) is 68.1 Å². The number of ether oxygens (including phenoxy) is 1. The molecule has 1 saturated heterocycles. The van der Waals surface area contributed by atoms with E-state index in [-0.39, 0.29) is 23.8 Å². The molecule has 9 heteroatoms. The molecule has 1 fully saturated rings. The van der Waals surface area contributed by atoms with Crippen LogP contribution in [0.3, 0.4) is 0 Å². The van der Waals surface area contributed by atoms with E-state index in [4.69, 9.17) is 4.74 Å². The fourth-order valence-electron chi connectivity index (χ4n) is 4.59. The van der Waals surface area contributed by atoms with Crippen molar-refractivity contribution < 1.29 is 19.1 Å². The summed E-state index contributed by atoms with van der Waals surface area (Å²) in [6, 6.07) is 15.0. The number of hydrogen-bond acceptors (Lipinski definition) is 5. The van der Waals surface area contributed by atoms with Crippen LogP contribution in [-0.2, 0) is 9.53 Å². The molecule has 0 saturated carbocycles. The van der Waals surface area contributed by atoms with Crippen LogP contribution in [-0.4, -0.2) is 51.3 Å². The maximum Gasteiger partial charge on any atom is 0.410 e. The molecule has 2 N–H and O–H groups in total. The summed E-state index contributed by atoms with van der Waals surface area (Å²) in [4.78, 5) is 39.1. The number of anilines is 2. The first-order valence-electron chi connectivity index (χ1n) is 12.8. The Labute approximate surface area is 223 Å². The first-order chi connectivity index (χ1) is 18.0. The number of aromatic nitrogens is 2. The van der Waals surface area contributed by atoms with Crippen LogP contribution in [0.2, 0.25) is 0 Å². The summed E-state index contributed by atoms with van der Waals surface area (Å²) in [6.07, 6.45) is 2.66. The fourth-order valence-corrected chi connectivity index (χ4v) is 4.59. The van der Waals surface area contributed by atoms with Gasteiger partial charge in [0, 0.05) is 37.3 Å². The maximum absolute atomic E-state index is 13.5. The Morgan fingerprint density at radius 1 is 0.974 bits per heavy atom. The minimum Gasteiger partial charge on any atom is -0.444 e. The number of likely N-dealkylation sites (tertiary alicyclic amines) is 1. The van der Waals surface area contributed by atoms with Crippen LogP contribution in [0, 0.1) is 6.92 Å². The molecule has 0 radical (unpaired) electrons. The minimum absolute atomic E-state index is 0.0274. The normalized spacial score (nSPS) is 14.2. The number of amides is 3. The number of rotatable bonds is 5. The minimum atomic E-state index is -0.552. The first-order valence-corrected chi connectivity index (χ1v) is 12.8. The van der Waals surface area contributed by atoms with Gasteiger partial charge in [0.05, 0.1) is 23.1 Å². The molecule has 2 heterocycles. The highest BCUT2D eigenvalue weighted by Crippen LogP contribution is 2.33. The molecule has 2 aromatic carbocycles. The Morgan fingerprint density at radius 3 is 2.18 bits per heavy atom. The van der Waals surface area contributed by atoms with Crippen molar-refractivity contribution in [2.24, 2.45) is 0 Å². The molecule has 9 nitrogen and oxygen atoms in total. The second-order valence-electron chi connectivity index (χ2n) is 10.6. The van der Waals surface area contributed by atoms with Crippen LogP contribution < -0.4 is 10.6 Å². The monoisotopic (exact) mass is 517 g/mol. The lowest BCUT2D eigenvalue weighted by Gasteiger charge is -2.34. The van der Waals surface area contributed by atoms with Crippen LogP contribution in [0.4, 0.5) is 16.2 Å². The van der Waals surface area contributed by atoms with Crippen molar-refractivity contribution in [1.29, 1.82) is 0 Å². The summed E-state index contributed by atoms with van der Waals surface area (Å²) < 4.78 is 7.39. The average Bonchev–Trinajstić information content (AvgIpc) is 3.29. The Bertz CT molecular complexity index is 1320. The van der Waals surface area contributed by atoms with E-state index in [1.807, 2.05) is 56.6 Å². The average molecular weight is 518 g/mol. The zero-order chi connectivity index (χ0) is 27.4. The predicted molar refractivity (Wildman–Crippen MR) is 147 cm³/mol. The number of nitrogens with zero attached hydrogens (tertiary/aromatic N) is 3. The molecule has 1 aliphatic rings. The van der Waals surface area contributed by atoms with Gasteiger partial charge in [0.1, 0.15) is 5.60 Å². The number of aryl methyl sites for hydroxylation is 1. The molecule has 200 valence electrons. The first kappa shape index (κ1) is 26.9. The lowest BCUT2D eigenvalue weighted by molar-refractivity contribution is -0.114. The molecular weight excluding hydrogens is 482 g/mol. The SMILES string of the molecule is CC(=O)Nc1ccc(NC(=O)c2cnn(-c3cccc(C)c3)c2C2CCN(C(=O)OC(C)(C)C)CC2)cc1. The van der Waals surface area contributed by atoms with Crippen molar-refractivity contribution >= 4 is 29.3 Å². The Kier molecular flexibility index (Phi) is 7.85. The predicted octanol–water partition coefficient (Wildman–Crippen LogP) is 5.51. The van der Waals surface area contributed by atoms with Gasteiger partial charge in [-0.05, 0) is 82.5 Å². The van der Waals surface area contributed by atoms with E-state index in [1.54, 1.807) is 35.4 Å². The smallest absolute Gasteiger partial charge is 0.410 e. The van der Waals surface area contributed by atoms with E-state index in [0.29, 0.717) is 42.9 Å². The number of carbonyl (C=O) groups excluding carboxylic acids is 3. The Hall–Kier alpha value is -4.14. The van der Waals surface area contributed by atoms with Crippen LogP contribution in [0.15, 0.2) is 54.7 Å². The number of hydrogen-bond donors (Lipinski definition) is 2. The highest BCUT2D eigenvalue weighted by molar-refractivity contribution is 6.05. The van der Waals surface area contributed by atoms with Crippen molar-refractivity contribution in [2.75, 3.05) is 23.7 Å². The summed E-state index contributed by atoms with van der Waals surface area (Å²) >= 11 is 0. The summed E-state index contributed by atoms with van der Waals surface area (Å²) in [7, 11) is 0.